The average molecular weight is 385 g/mol. The maximum Gasteiger partial charge on any atom is 0.339 e. The number of carbonyl (C=O) groups excluding carboxylic acids is 2. The molecular formula is C16H13F2NO6S. The molecule has 0 aromatic heterocycles. The van der Waals surface area contributed by atoms with E-state index in [9.17, 15) is 26.8 Å². The molecule has 0 unspecified atom stereocenters. The number of esters is 2. The molecule has 2 aromatic rings. The van der Waals surface area contributed by atoms with Crippen LogP contribution >= 0.6 is 0 Å². The van der Waals surface area contributed by atoms with Crippen molar-refractivity contribution in [2.75, 3.05) is 18.9 Å². The van der Waals surface area contributed by atoms with Crippen molar-refractivity contribution in [3.63, 3.8) is 0 Å². The molecular weight excluding hydrogens is 372 g/mol. The van der Waals surface area contributed by atoms with Gasteiger partial charge in [0.2, 0.25) is 0 Å². The Balaban J connectivity index is 2.58. The quantitative estimate of drug-likeness (QED) is 0.794. The molecule has 0 saturated carbocycles. The summed E-state index contributed by atoms with van der Waals surface area (Å²) in [4.78, 5) is 22.9. The molecule has 26 heavy (non-hydrogen) atoms. The number of sulfonamides is 1. The normalized spacial score (nSPS) is 10.9. The summed E-state index contributed by atoms with van der Waals surface area (Å²) < 4.78 is 62.9. The number of ether oxygens (including phenoxy) is 2. The Hall–Kier alpha value is -3.01. The highest BCUT2D eigenvalue weighted by Gasteiger charge is 2.26. The van der Waals surface area contributed by atoms with Crippen LogP contribution in [0.5, 0.6) is 0 Å². The number of benzene rings is 2. The van der Waals surface area contributed by atoms with E-state index in [2.05, 4.69) is 9.47 Å². The minimum Gasteiger partial charge on any atom is -0.465 e. The minimum absolute atomic E-state index is 0.153. The van der Waals surface area contributed by atoms with Crippen LogP contribution in [-0.2, 0) is 19.5 Å². The van der Waals surface area contributed by atoms with Crippen molar-refractivity contribution in [3.8, 4) is 0 Å². The van der Waals surface area contributed by atoms with Crippen LogP contribution in [0.15, 0.2) is 41.3 Å². The van der Waals surface area contributed by atoms with E-state index in [4.69, 9.17) is 0 Å². The van der Waals surface area contributed by atoms with Crippen LogP contribution in [0.4, 0.5) is 14.5 Å². The number of rotatable bonds is 5. The lowest BCUT2D eigenvalue weighted by atomic mass is 10.1. The first-order valence-corrected chi connectivity index (χ1v) is 8.46. The van der Waals surface area contributed by atoms with Gasteiger partial charge in [0.15, 0.2) is 0 Å². The summed E-state index contributed by atoms with van der Waals surface area (Å²) in [5.74, 6) is -3.88. The van der Waals surface area contributed by atoms with Gasteiger partial charge in [-0.1, -0.05) is 0 Å². The molecule has 0 aliphatic heterocycles. The lowest BCUT2D eigenvalue weighted by Gasteiger charge is -2.13. The second kappa shape index (κ2) is 7.48. The van der Waals surface area contributed by atoms with E-state index >= 15 is 0 Å². The highest BCUT2D eigenvalue weighted by Crippen LogP contribution is 2.24. The van der Waals surface area contributed by atoms with Crippen LogP contribution < -0.4 is 4.72 Å². The number of carbonyl (C=O) groups is 2. The van der Waals surface area contributed by atoms with Gasteiger partial charge in [-0.3, -0.25) is 4.72 Å². The van der Waals surface area contributed by atoms with Crippen molar-refractivity contribution in [3.05, 3.63) is 59.2 Å². The SMILES string of the molecule is COC(=O)c1ccc(C(=O)OC)c(S(=O)(=O)Nc2ccc(F)cc2F)c1. The van der Waals surface area contributed by atoms with Crippen molar-refractivity contribution < 1.29 is 36.3 Å². The first-order valence-electron chi connectivity index (χ1n) is 6.98. The molecule has 1 N–H and O–H groups in total. The van der Waals surface area contributed by atoms with Crippen LogP contribution in [-0.4, -0.2) is 34.6 Å². The van der Waals surface area contributed by atoms with Crippen LogP contribution in [0.1, 0.15) is 20.7 Å². The fourth-order valence-electron chi connectivity index (χ4n) is 2.04. The minimum atomic E-state index is -4.52. The zero-order valence-electron chi connectivity index (χ0n) is 13.6. The van der Waals surface area contributed by atoms with Crippen LogP contribution in [0.3, 0.4) is 0 Å². The molecule has 0 radical (unpaired) electrons. The largest absolute Gasteiger partial charge is 0.465 e. The van der Waals surface area contributed by atoms with E-state index in [1.54, 1.807) is 0 Å². The molecule has 0 bridgehead atoms. The van der Waals surface area contributed by atoms with E-state index < -0.39 is 44.2 Å². The Bertz CT molecular complexity index is 975. The highest BCUT2D eigenvalue weighted by atomic mass is 32.2. The van der Waals surface area contributed by atoms with Gasteiger partial charge in [0.05, 0.1) is 31.0 Å². The third-order valence-electron chi connectivity index (χ3n) is 3.27. The van der Waals surface area contributed by atoms with Crippen molar-refractivity contribution in [1.82, 2.24) is 0 Å². The first-order chi connectivity index (χ1) is 12.2. The summed E-state index contributed by atoms with van der Waals surface area (Å²) >= 11 is 0. The predicted octanol–water partition coefficient (Wildman–Crippen LogP) is 2.34. The molecule has 7 nitrogen and oxygen atoms in total. The molecule has 0 amide bonds. The number of methoxy groups -OCH3 is 2. The number of nitrogens with one attached hydrogen (secondary N) is 1. The maximum atomic E-state index is 13.8. The third kappa shape index (κ3) is 3.97. The molecule has 0 atom stereocenters. The summed E-state index contributed by atoms with van der Waals surface area (Å²) in [6, 6.07) is 5.35. The Kier molecular flexibility index (Phi) is 5.56. The molecule has 0 fully saturated rings. The van der Waals surface area contributed by atoms with Crippen LogP contribution in [0.2, 0.25) is 0 Å². The van der Waals surface area contributed by atoms with Gasteiger partial charge >= 0.3 is 11.9 Å². The van der Waals surface area contributed by atoms with E-state index in [0.717, 1.165) is 38.5 Å². The van der Waals surface area contributed by atoms with Crippen LogP contribution in [0, 0.1) is 11.6 Å². The molecule has 0 saturated heterocycles. The fraction of sp³-hybridized carbons (Fsp3) is 0.125. The highest BCUT2D eigenvalue weighted by molar-refractivity contribution is 7.92. The molecule has 0 aliphatic carbocycles. The lowest BCUT2D eigenvalue weighted by Crippen LogP contribution is -2.19. The smallest absolute Gasteiger partial charge is 0.339 e. The molecule has 0 spiro atoms. The Morgan fingerprint density at radius 2 is 1.62 bits per heavy atom. The van der Waals surface area contributed by atoms with E-state index in [-0.39, 0.29) is 11.1 Å². The van der Waals surface area contributed by atoms with Gasteiger partial charge in [0.25, 0.3) is 10.0 Å². The Morgan fingerprint density at radius 1 is 0.962 bits per heavy atom. The van der Waals surface area contributed by atoms with Gasteiger partial charge in [-0.05, 0) is 30.3 Å². The molecule has 2 aromatic carbocycles. The summed E-state index contributed by atoms with van der Waals surface area (Å²) in [5.41, 5.74) is -1.07. The van der Waals surface area contributed by atoms with Gasteiger partial charge in [-0.25, -0.2) is 26.8 Å². The predicted molar refractivity (Wildman–Crippen MR) is 86.3 cm³/mol. The topological polar surface area (TPSA) is 98.8 Å². The van der Waals surface area contributed by atoms with E-state index in [1.807, 2.05) is 4.72 Å². The van der Waals surface area contributed by atoms with E-state index in [0.29, 0.717) is 6.07 Å². The Morgan fingerprint density at radius 3 is 2.19 bits per heavy atom. The van der Waals surface area contributed by atoms with Crippen LogP contribution in [0.25, 0.3) is 0 Å². The lowest BCUT2D eigenvalue weighted by molar-refractivity contribution is 0.0583. The zero-order chi connectivity index (χ0) is 19.5. The van der Waals surface area contributed by atoms with Gasteiger partial charge in [0, 0.05) is 6.07 Å². The maximum absolute atomic E-state index is 13.8. The monoisotopic (exact) mass is 385 g/mol. The van der Waals surface area contributed by atoms with Gasteiger partial charge < -0.3 is 9.47 Å². The standard InChI is InChI=1S/C16H13F2NO6S/c1-24-15(20)9-3-5-11(16(21)25-2)14(7-9)26(22,23)19-13-6-4-10(17)8-12(13)18/h3-8,19H,1-2H3. The van der Waals surface area contributed by atoms with Gasteiger partial charge in [0.1, 0.15) is 16.5 Å². The van der Waals surface area contributed by atoms with Crippen molar-refractivity contribution >= 4 is 27.6 Å². The number of anilines is 1. The summed E-state index contributed by atoms with van der Waals surface area (Å²) in [7, 11) is -2.38. The van der Waals surface area contributed by atoms with Crippen molar-refractivity contribution in [2.24, 2.45) is 0 Å². The number of halogens is 2. The summed E-state index contributed by atoms with van der Waals surface area (Å²) in [5, 5.41) is 0. The second-order valence-corrected chi connectivity index (χ2v) is 6.57. The second-order valence-electron chi connectivity index (χ2n) is 4.92. The fourth-order valence-corrected chi connectivity index (χ4v) is 3.33. The van der Waals surface area contributed by atoms with Crippen molar-refractivity contribution in [1.29, 1.82) is 0 Å². The molecule has 138 valence electrons. The molecule has 0 heterocycles. The molecule has 2 rings (SSSR count). The van der Waals surface area contributed by atoms with Gasteiger partial charge in [-0.2, -0.15) is 0 Å². The molecule has 10 heteroatoms. The Labute approximate surface area is 147 Å². The first kappa shape index (κ1) is 19.3. The zero-order valence-corrected chi connectivity index (χ0v) is 14.4. The number of hydrogen-bond donors (Lipinski definition) is 1. The summed E-state index contributed by atoms with van der Waals surface area (Å²) in [6.07, 6.45) is 0. The third-order valence-corrected chi connectivity index (χ3v) is 4.68. The average Bonchev–Trinajstić information content (AvgIpc) is 2.62. The molecule has 0 aliphatic rings. The summed E-state index contributed by atoms with van der Waals surface area (Å²) in [6.45, 7) is 0. The van der Waals surface area contributed by atoms with Crippen molar-refractivity contribution in [2.45, 2.75) is 4.90 Å². The number of hydrogen-bond acceptors (Lipinski definition) is 6. The van der Waals surface area contributed by atoms with E-state index in [1.165, 1.54) is 6.07 Å². The van der Waals surface area contributed by atoms with Gasteiger partial charge in [-0.15, -0.1) is 0 Å².